The predicted octanol–water partition coefficient (Wildman–Crippen LogP) is 3.87. The maximum atomic E-state index is 7.75. The van der Waals surface area contributed by atoms with Crippen LogP contribution in [0.15, 0.2) is 59.6 Å². The number of hydrogen-bond acceptors (Lipinski definition) is 8. The SMILES string of the molecule is COCCN(c1ccnc(Nc2cccc(S)c2)n1)c1cccc(N)c1C=N. The van der Waals surface area contributed by atoms with Gasteiger partial charge in [-0.1, -0.05) is 12.1 Å². The van der Waals surface area contributed by atoms with Crippen molar-refractivity contribution in [2.75, 3.05) is 36.2 Å². The summed E-state index contributed by atoms with van der Waals surface area (Å²) in [7, 11) is 1.65. The van der Waals surface area contributed by atoms with Gasteiger partial charge in [0.25, 0.3) is 0 Å². The van der Waals surface area contributed by atoms with Gasteiger partial charge >= 0.3 is 0 Å². The van der Waals surface area contributed by atoms with Crippen LogP contribution in [-0.2, 0) is 4.74 Å². The predicted molar refractivity (Wildman–Crippen MR) is 117 cm³/mol. The molecule has 0 bridgehead atoms. The number of hydrogen-bond donors (Lipinski definition) is 4. The molecule has 28 heavy (non-hydrogen) atoms. The molecule has 0 aliphatic carbocycles. The van der Waals surface area contributed by atoms with E-state index in [1.54, 1.807) is 19.4 Å². The number of rotatable bonds is 8. The van der Waals surface area contributed by atoms with E-state index >= 15 is 0 Å². The average Bonchev–Trinajstić information content (AvgIpc) is 2.69. The van der Waals surface area contributed by atoms with Gasteiger partial charge in [0.2, 0.25) is 5.95 Å². The van der Waals surface area contributed by atoms with Crippen LogP contribution in [-0.4, -0.2) is 36.4 Å². The maximum absolute atomic E-state index is 7.75. The number of aromatic nitrogens is 2. The summed E-state index contributed by atoms with van der Waals surface area (Å²) in [4.78, 5) is 11.8. The van der Waals surface area contributed by atoms with Crippen molar-refractivity contribution in [3.63, 3.8) is 0 Å². The number of nitrogen functional groups attached to an aromatic ring is 1. The van der Waals surface area contributed by atoms with E-state index in [0.29, 0.717) is 36.2 Å². The third-order valence-corrected chi connectivity index (χ3v) is 4.37. The molecule has 0 radical (unpaired) electrons. The molecule has 4 N–H and O–H groups in total. The summed E-state index contributed by atoms with van der Waals surface area (Å²) in [6.45, 7) is 1.03. The van der Waals surface area contributed by atoms with Crippen LogP contribution >= 0.6 is 12.6 Å². The van der Waals surface area contributed by atoms with E-state index in [1.165, 1.54) is 6.21 Å². The Morgan fingerprint density at radius 2 is 2.07 bits per heavy atom. The molecule has 0 aliphatic heterocycles. The second kappa shape index (κ2) is 9.20. The lowest BCUT2D eigenvalue weighted by atomic mass is 10.1. The monoisotopic (exact) mass is 394 g/mol. The molecule has 1 heterocycles. The second-order valence-corrected chi connectivity index (χ2v) is 6.50. The Morgan fingerprint density at radius 3 is 2.82 bits per heavy atom. The molecular weight excluding hydrogens is 372 g/mol. The van der Waals surface area contributed by atoms with Crippen molar-refractivity contribution in [2.45, 2.75) is 4.90 Å². The summed E-state index contributed by atoms with van der Waals surface area (Å²) in [6.07, 6.45) is 2.94. The van der Waals surface area contributed by atoms with Crippen LogP contribution < -0.4 is 16.0 Å². The minimum Gasteiger partial charge on any atom is -0.398 e. The molecule has 8 heteroatoms. The lowest BCUT2D eigenvalue weighted by molar-refractivity contribution is 0.207. The minimum atomic E-state index is 0.458. The van der Waals surface area contributed by atoms with Crippen molar-refractivity contribution in [3.8, 4) is 0 Å². The van der Waals surface area contributed by atoms with Crippen LogP contribution in [0.3, 0.4) is 0 Å². The zero-order valence-electron chi connectivity index (χ0n) is 15.5. The topological polar surface area (TPSA) is 100 Å². The van der Waals surface area contributed by atoms with E-state index in [-0.39, 0.29) is 0 Å². The summed E-state index contributed by atoms with van der Waals surface area (Å²) < 4.78 is 5.26. The van der Waals surface area contributed by atoms with Gasteiger partial charge < -0.3 is 26.1 Å². The first-order chi connectivity index (χ1) is 13.6. The molecule has 144 valence electrons. The Hall–Kier alpha value is -3.10. The van der Waals surface area contributed by atoms with Crippen molar-refractivity contribution >= 4 is 47.7 Å². The van der Waals surface area contributed by atoms with Gasteiger partial charge in [0.1, 0.15) is 5.82 Å². The Kier molecular flexibility index (Phi) is 6.46. The van der Waals surface area contributed by atoms with E-state index in [4.69, 9.17) is 15.9 Å². The quantitative estimate of drug-likeness (QED) is 0.263. The minimum absolute atomic E-state index is 0.458. The molecule has 3 rings (SSSR count). The standard InChI is InChI=1S/C20H22N6OS/c1-27-11-10-26(18-7-3-6-17(22)16(18)13-21)19-8-9-23-20(25-19)24-14-4-2-5-15(28)12-14/h2-9,12-13,21,28H,10-11,22H2,1H3,(H,23,24,25). The number of benzene rings is 2. The van der Waals surface area contributed by atoms with Gasteiger partial charge in [0.05, 0.1) is 12.3 Å². The molecule has 0 aliphatic rings. The lowest BCUT2D eigenvalue weighted by Crippen LogP contribution is -2.24. The molecule has 0 saturated carbocycles. The van der Waals surface area contributed by atoms with Crippen LogP contribution in [0, 0.1) is 5.41 Å². The average molecular weight is 395 g/mol. The molecule has 3 aromatic rings. The van der Waals surface area contributed by atoms with Gasteiger partial charge in [-0.15, -0.1) is 12.6 Å². The molecule has 7 nitrogen and oxygen atoms in total. The third kappa shape index (κ3) is 4.59. The zero-order valence-corrected chi connectivity index (χ0v) is 16.4. The van der Waals surface area contributed by atoms with Crippen LogP contribution in [0.25, 0.3) is 0 Å². The van der Waals surface area contributed by atoms with Crippen LogP contribution in [0.4, 0.5) is 28.8 Å². The Balaban J connectivity index is 1.97. The first-order valence-electron chi connectivity index (χ1n) is 8.67. The van der Waals surface area contributed by atoms with Crippen LogP contribution in [0.2, 0.25) is 0 Å². The molecular formula is C20H22N6OS. The highest BCUT2D eigenvalue weighted by Crippen LogP contribution is 2.30. The van der Waals surface area contributed by atoms with Gasteiger partial charge in [-0.05, 0) is 36.4 Å². The number of thiol groups is 1. The number of nitrogens with zero attached hydrogens (tertiary/aromatic N) is 3. The highest BCUT2D eigenvalue weighted by molar-refractivity contribution is 7.80. The van der Waals surface area contributed by atoms with E-state index in [0.717, 1.165) is 16.3 Å². The summed E-state index contributed by atoms with van der Waals surface area (Å²) in [5.74, 6) is 1.13. The fourth-order valence-corrected chi connectivity index (χ4v) is 3.00. The summed E-state index contributed by atoms with van der Waals surface area (Å²) >= 11 is 4.36. The lowest BCUT2D eigenvalue weighted by Gasteiger charge is -2.26. The second-order valence-electron chi connectivity index (χ2n) is 5.98. The third-order valence-electron chi connectivity index (χ3n) is 4.09. The Morgan fingerprint density at radius 1 is 1.25 bits per heavy atom. The van der Waals surface area contributed by atoms with Gasteiger partial charge in [-0.3, -0.25) is 0 Å². The van der Waals surface area contributed by atoms with E-state index in [2.05, 4.69) is 27.9 Å². The van der Waals surface area contributed by atoms with E-state index in [9.17, 15) is 0 Å². The first-order valence-corrected chi connectivity index (χ1v) is 9.11. The highest BCUT2D eigenvalue weighted by atomic mass is 32.1. The number of nitrogens with one attached hydrogen (secondary N) is 2. The van der Waals surface area contributed by atoms with Crippen molar-refractivity contribution in [3.05, 3.63) is 60.3 Å². The zero-order chi connectivity index (χ0) is 19.9. The van der Waals surface area contributed by atoms with Gasteiger partial charge in [0.15, 0.2) is 0 Å². The maximum Gasteiger partial charge on any atom is 0.229 e. The molecule has 0 amide bonds. The number of anilines is 5. The van der Waals surface area contributed by atoms with E-state index < -0.39 is 0 Å². The van der Waals surface area contributed by atoms with E-state index in [1.807, 2.05) is 47.4 Å². The Labute approximate surface area is 169 Å². The van der Waals surface area contributed by atoms with Crippen molar-refractivity contribution < 1.29 is 4.74 Å². The molecule has 2 aromatic carbocycles. The van der Waals surface area contributed by atoms with Gasteiger partial charge in [0, 0.05) is 47.9 Å². The molecule has 0 unspecified atom stereocenters. The molecule has 1 aromatic heterocycles. The van der Waals surface area contributed by atoms with Gasteiger partial charge in [-0.2, -0.15) is 4.98 Å². The first kappa shape index (κ1) is 19.7. The molecule has 0 spiro atoms. The highest BCUT2D eigenvalue weighted by Gasteiger charge is 2.16. The molecule has 0 fully saturated rings. The number of nitrogens with two attached hydrogens (primary N) is 1. The van der Waals surface area contributed by atoms with Crippen LogP contribution in [0.1, 0.15) is 5.56 Å². The van der Waals surface area contributed by atoms with Crippen LogP contribution in [0.5, 0.6) is 0 Å². The fourth-order valence-electron chi connectivity index (χ4n) is 2.78. The Bertz CT molecular complexity index is 965. The van der Waals surface area contributed by atoms with Crippen molar-refractivity contribution in [2.24, 2.45) is 0 Å². The number of ether oxygens (including phenoxy) is 1. The number of methoxy groups -OCH3 is 1. The van der Waals surface area contributed by atoms with Gasteiger partial charge in [-0.25, -0.2) is 4.98 Å². The molecule has 0 atom stereocenters. The fraction of sp³-hybridized carbons (Fsp3) is 0.150. The largest absolute Gasteiger partial charge is 0.398 e. The van der Waals surface area contributed by atoms with Crippen molar-refractivity contribution in [1.29, 1.82) is 5.41 Å². The van der Waals surface area contributed by atoms with Crippen molar-refractivity contribution in [1.82, 2.24) is 9.97 Å². The summed E-state index contributed by atoms with van der Waals surface area (Å²) in [6, 6.07) is 15.0. The molecule has 0 saturated heterocycles. The smallest absolute Gasteiger partial charge is 0.229 e. The summed E-state index contributed by atoms with van der Waals surface area (Å²) in [5.41, 5.74) is 8.86. The normalized spacial score (nSPS) is 10.5. The summed E-state index contributed by atoms with van der Waals surface area (Å²) in [5, 5.41) is 10.9.